The number of hydrogen-bond donors (Lipinski definition) is 1. The summed E-state index contributed by atoms with van der Waals surface area (Å²) in [5.74, 6) is 0.226. The van der Waals surface area contributed by atoms with E-state index in [4.69, 9.17) is 0 Å². The van der Waals surface area contributed by atoms with Crippen LogP contribution in [0.25, 0.3) is 27.7 Å². The van der Waals surface area contributed by atoms with E-state index in [-0.39, 0.29) is 5.52 Å². The molecule has 7 nitrogen and oxygen atoms in total. The Hall–Kier alpha value is -3.27. The van der Waals surface area contributed by atoms with Crippen molar-refractivity contribution in [3.63, 3.8) is 0 Å². The Morgan fingerprint density at radius 3 is 2.52 bits per heavy atom. The molecule has 0 spiro atoms. The van der Waals surface area contributed by atoms with Gasteiger partial charge >= 0.3 is 0 Å². The maximum absolute atomic E-state index is 15.6. The summed E-state index contributed by atoms with van der Waals surface area (Å²) in [4.78, 5) is 0. The number of hydrogen-bond acceptors (Lipinski definition) is 5. The van der Waals surface area contributed by atoms with Crippen LogP contribution in [0.15, 0.2) is 30.5 Å². The molecule has 0 aliphatic carbocycles. The Morgan fingerprint density at radius 1 is 1.12 bits per heavy atom. The fraction of sp³-hybridized carbons (Fsp3) is 0.304. The van der Waals surface area contributed by atoms with Gasteiger partial charge in [0.15, 0.2) is 5.82 Å². The van der Waals surface area contributed by atoms with Crippen molar-refractivity contribution >= 4 is 26.6 Å². The summed E-state index contributed by atoms with van der Waals surface area (Å²) in [6.45, 7) is 7.60. The zero-order valence-electron chi connectivity index (χ0n) is 18.9. The third-order valence-corrected chi connectivity index (χ3v) is 7.19. The molecule has 2 aromatic heterocycles. The number of fused-ring (bicyclic) bond motifs is 4. The number of aryl methyl sites for hydroxylation is 1. The Labute approximate surface area is 190 Å². The molecular formula is C23H23F2N5O2S. The van der Waals surface area contributed by atoms with Crippen LogP contribution in [0, 0.1) is 18.6 Å². The van der Waals surface area contributed by atoms with Crippen molar-refractivity contribution in [1.29, 1.82) is 0 Å². The van der Waals surface area contributed by atoms with Crippen LogP contribution in [0.4, 0.5) is 14.5 Å². The number of rotatable bonds is 3. The lowest BCUT2D eigenvalue weighted by Gasteiger charge is -2.35. The summed E-state index contributed by atoms with van der Waals surface area (Å²) in [6, 6.07) is 5.44. The molecular weight excluding hydrogens is 448 g/mol. The SMILES string of the molecule is CCc1nnc2n1-c1c(C)c(-c3cc(F)cc4c3ccn4S(C)(=O)=O)cc(F)c1NC2(C)C. The first-order valence-corrected chi connectivity index (χ1v) is 12.4. The van der Waals surface area contributed by atoms with E-state index in [0.717, 1.165) is 10.2 Å². The first-order chi connectivity index (χ1) is 15.4. The molecule has 1 aliphatic heterocycles. The van der Waals surface area contributed by atoms with Crippen molar-refractivity contribution in [2.45, 2.75) is 39.7 Å². The van der Waals surface area contributed by atoms with Crippen molar-refractivity contribution in [3.8, 4) is 16.8 Å². The summed E-state index contributed by atoms with van der Waals surface area (Å²) in [7, 11) is -3.64. The van der Waals surface area contributed by atoms with Gasteiger partial charge in [-0.05, 0) is 61.7 Å². The molecule has 1 aliphatic rings. The first-order valence-electron chi connectivity index (χ1n) is 10.5. The smallest absolute Gasteiger partial charge is 0.236 e. The molecule has 33 heavy (non-hydrogen) atoms. The number of nitrogens with zero attached hydrogens (tertiary/aromatic N) is 4. The summed E-state index contributed by atoms with van der Waals surface area (Å²) >= 11 is 0. The minimum absolute atomic E-state index is 0.198. The van der Waals surface area contributed by atoms with Gasteiger partial charge in [0.25, 0.3) is 0 Å². The molecule has 5 rings (SSSR count). The standard InChI is InChI=1S/C23H23F2N5O2S/c1-6-19-27-28-22-23(3,4)26-20-17(25)11-15(12(2)21(20)30(19)22)16-9-13(24)10-18-14(16)7-8-29(18)33(5,31)32/h7-11,26H,6H2,1-5H3. The van der Waals surface area contributed by atoms with Crippen LogP contribution in [-0.4, -0.2) is 33.4 Å². The van der Waals surface area contributed by atoms with Gasteiger partial charge < -0.3 is 5.32 Å². The Balaban J connectivity index is 1.86. The Kier molecular flexibility index (Phi) is 4.49. The van der Waals surface area contributed by atoms with Crippen molar-refractivity contribution < 1.29 is 17.2 Å². The van der Waals surface area contributed by atoms with E-state index in [2.05, 4.69) is 15.5 Å². The molecule has 0 fully saturated rings. The molecule has 0 radical (unpaired) electrons. The topological polar surface area (TPSA) is 81.8 Å². The van der Waals surface area contributed by atoms with Gasteiger partial charge in [-0.1, -0.05) is 6.92 Å². The van der Waals surface area contributed by atoms with E-state index >= 15 is 4.39 Å². The number of halogens is 2. The van der Waals surface area contributed by atoms with Crippen LogP contribution in [0.1, 0.15) is 38.0 Å². The Bertz CT molecular complexity index is 1570. The van der Waals surface area contributed by atoms with Gasteiger partial charge in [0.1, 0.15) is 17.5 Å². The number of anilines is 1. The normalized spacial score (nSPS) is 14.8. The van der Waals surface area contributed by atoms with Gasteiger partial charge in [-0.15, -0.1) is 10.2 Å². The predicted molar refractivity (Wildman–Crippen MR) is 123 cm³/mol. The molecule has 0 saturated heterocycles. The summed E-state index contributed by atoms with van der Waals surface area (Å²) < 4.78 is 57.5. The Morgan fingerprint density at radius 2 is 1.85 bits per heavy atom. The first kappa shape index (κ1) is 21.6. The van der Waals surface area contributed by atoms with Crippen LogP contribution in [0.5, 0.6) is 0 Å². The maximum atomic E-state index is 15.6. The van der Waals surface area contributed by atoms with Crippen molar-refractivity contribution in [3.05, 3.63) is 59.3 Å². The average Bonchev–Trinajstić information content (AvgIpc) is 3.34. The second kappa shape index (κ2) is 6.86. The summed E-state index contributed by atoms with van der Waals surface area (Å²) in [5.41, 5.74) is 2.01. The van der Waals surface area contributed by atoms with Gasteiger partial charge in [-0.2, -0.15) is 0 Å². The zero-order valence-corrected chi connectivity index (χ0v) is 19.7. The predicted octanol–water partition coefficient (Wildman–Crippen LogP) is 4.51. The fourth-order valence-corrected chi connectivity index (χ4v) is 5.45. The van der Waals surface area contributed by atoms with E-state index in [1.165, 1.54) is 24.4 Å². The lowest BCUT2D eigenvalue weighted by Crippen LogP contribution is -2.37. The molecule has 0 unspecified atom stereocenters. The highest BCUT2D eigenvalue weighted by Crippen LogP contribution is 2.44. The molecule has 2 aromatic carbocycles. The van der Waals surface area contributed by atoms with Gasteiger partial charge in [0.05, 0.1) is 28.7 Å². The van der Waals surface area contributed by atoms with Crippen LogP contribution in [0.2, 0.25) is 0 Å². The van der Waals surface area contributed by atoms with Crippen LogP contribution in [-0.2, 0) is 22.0 Å². The lowest BCUT2D eigenvalue weighted by molar-refractivity contribution is 0.521. The van der Waals surface area contributed by atoms with Gasteiger partial charge in [0, 0.05) is 18.0 Å². The second-order valence-electron chi connectivity index (χ2n) is 8.89. The molecule has 172 valence electrons. The third kappa shape index (κ3) is 3.07. The molecule has 1 N–H and O–H groups in total. The molecule has 0 atom stereocenters. The van der Waals surface area contributed by atoms with E-state index in [0.29, 0.717) is 51.5 Å². The van der Waals surface area contributed by atoms with Crippen LogP contribution in [0.3, 0.4) is 0 Å². The zero-order chi connectivity index (χ0) is 23.9. The van der Waals surface area contributed by atoms with Gasteiger partial charge in [-0.3, -0.25) is 4.57 Å². The lowest BCUT2D eigenvalue weighted by atomic mass is 9.92. The molecule has 0 saturated carbocycles. The molecule has 10 heteroatoms. The maximum Gasteiger partial charge on any atom is 0.236 e. The highest BCUT2D eigenvalue weighted by molar-refractivity contribution is 7.89. The summed E-state index contributed by atoms with van der Waals surface area (Å²) in [5, 5.41) is 12.4. The average molecular weight is 472 g/mol. The van der Waals surface area contributed by atoms with Crippen molar-refractivity contribution in [2.24, 2.45) is 0 Å². The minimum atomic E-state index is -3.64. The number of benzene rings is 2. The molecule has 4 aromatic rings. The minimum Gasteiger partial charge on any atom is -0.369 e. The van der Waals surface area contributed by atoms with E-state index in [1.807, 2.05) is 32.3 Å². The highest BCUT2D eigenvalue weighted by atomic mass is 32.2. The van der Waals surface area contributed by atoms with E-state index in [1.54, 1.807) is 6.07 Å². The largest absolute Gasteiger partial charge is 0.369 e. The quantitative estimate of drug-likeness (QED) is 0.476. The van der Waals surface area contributed by atoms with E-state index < -0.39 is 27.2 Å². The third-order valence-electron chi connectivity index (χ3n) is 6.16. The second-order valence-corrected chi connectivity index (χ2v) is 10.8. The van der Waals surface area contributed by atoms with Crippen LogP contribution >= 0.6 is 0 Å². The van der Waals surface area contributed by atoms with Gasteiger partial charge in [0.2, 0.25) is 10.0 Å². The number of aromatic nitrogens is 4. The van der Waals surface area contributed by atoms with Crippen molar-refractivity contribution in [1.82, 2.24) is 18.7 Å². The fourth-order valence-electron chi connectivity index (χ4n) is 4.66. The monoisotopic (exact) mass is 471 g/mol. The molecule has 3 heterocycles. The van der Waals surface area contributed by atoms with E-state index in [9.17, 15) is 12.8 Å². The summed E-state index contributed by atoms with van der Waals surface area (Å²) in [6.07, 6.45) is 3.02. The molecule has 0 bridgehead atoms. The van der Waals surface area contributed by atoms with Gasteiger partial charge in [-0.25, -0.2) is 21.2 Å². The number of nitrogens with one attached hydrogen (secondary N) is 1. The molecule has 0 amide bonds. The van der Waals surface area contributed by atoms with Crippen molar-refractivity contribution in [2.75, 3.05) is 11.6 Å². The van der Waals surface area contributed by atoms with Crippen LogP contribution < -0.4 is 5.32 Å². The highest BCUT2D eigenvalue weighted by Gasteiger charge is 2.37.